The minimum atomic E-state index is -0.0753. The van der Waals surface area contributed by atoms with E-state index < -0.39 is 0 Å². The SMILES string of the molecule is CC(C)(C)C1OCC(=CBr)CO1. The second-order valence-electron chi connectivity index (χ2n) is 4.09. The molecule has 0 bridgehead atoms. The molecule has 70 valence electrons. The van der Waals surface area contributed by atoms with E-state index in [9.17, 15) is 0 Å². The quantitative estimate of drug-likeness (QED) is 0.642. The van der Waals surface area contributed by atoms with Crippen LogP contribution in [0.3, 0.4) is 0 Å². The minimum absolute atomic E-state index is 0.0673. The van der Waals surface area contributed by atoms with Gasteiger partial charge in [0.2, 0.25) is 0 Å². The van der Waals surface area contributed by atoms with Crippen LogP contribution in [0.25, 0.3) is 0 Å². The second-order valence-corrected chi connectivity index (χ2v) is 4.55. The van der Waals surface area contributed by atoms with Crippen LogP contribution in [-0.4, -0.2) is 19.5 Å². The van der Waals surface area contributed by atoms with Crippen LogP contribution in [0.5, 0.6) is 0 Å². The van der Waals surface area contributed by atoms with E-state index in [2.05, 4.69) is 36.7 Å². The predicted octanol–water partition coefficient (Wildman–Crippen LogP) is 2.68. The minimum Gasteiger partial charge on any atom is -0.348 e. The van der Waals surface area contributed by atoms with Crippen LogP contribution in [0.1, 0.15) is 20.8 Å². The van der Waals surface area contributed by atoms with E-state index in [1.165, 1.54) is 0 Å². The summed E-state index contributed by atoms with van der Waals surface area (Å²) in [5.41, 5.74) is 1.22. The maximum atomic E-state index is 5.53. The standard InChI is InChI=1S/C9H15BrO2/c1-9(2,3)8-11-5-7(4-10)6-12-8/h4,8H,5-6H2,1-3H3. The summed E-state index contributed by atoms with van der Waals surface area (Å²) in [6.07, 6.45) is -0.0753. The smallest absolute Gasteiger partial charge is 0.163 e. The van der Waals surface area contributed by atoms with Crippen molar-refractivity contribution >= 4 is 15.9 Å². The first-order chi connectivity index (χ1) is 5.54. The molecule has 1 saturated heterocycles. The van der Waals surface area contributed by atoms with E-state index in [0.717, 1.165) is 5.57 Å². The van der Waals surface area contributed by atoms with Gasteiger partial charge in [0, 0.05) is 5.41 Å². The highest BCUT2D eigenvalue weighted by Crippen LogP contribution is 2.27. The van der Waals surface area contributed by atoms with Crippen molar-refractivity contribution in [3.05, 3.63) is 10.6 Å². The highest BCUT2D eigenvalue weighted by molar-refractivity contribution is 9.11. The Kier molecular flexibility index (Phi) is 3.32. The first-order valence-corrected chi connectivity index (χ1v) is 4.97. The molecule has 1 fully saturated rings. The van der Waals surface area contributed by atoms with Gasteiger partial charge in [-0.2, -0.15) is 0 Å². The largest absolute Gasteiger partial charge is 0.348 e. The van der Waals surface area contributed by atoms with Gasteiger partial charge in [-0.1, -0.05) is 36.7 Å². The Balaban J connectivity index is 2.47. The fourth-order valence-electron chi connectivity index (χ4n) is 1.02. The van der Waals surface area contributed by atoms with Crippen LogP contribution >= 0.6 is 15.9 Å². The summed E-state index contributed by atoms with van der Waals surface area (Å²) in [6.45, 7) is 7.68. The number of hydrogen-bond donors (Lipinski definition) is 0. The second kappa shape index (κ2) is 3.90. The molecule has 0 aromatic carbocycles. The van der Waals surface area contributed by atoms with Crippen molar-refractivity contribution in [2.24, 2.45) is 5.41 Å². The van der Waals surface area contributed by atoms with Crippen molar-refractivity contribution in [2.75, 3.05) is 13.2 Å². The van der Waals surface area contributed by atoms with Crippen LogP contribution < -0.4 is 0 Å². The summed E-state index contributed by atoms with van der Waals surface area (Å²) < 4.78 is 11.1. The van der Waals surface area contributed by atoms with Gasteiger partial charge >= 0.3 is 0 Å². The van der Waals surface area contributed by atoms with Gasteiger partial charge in [0.15, 0.2) is 6.29 Å². The fraction of sp³-hybridized carbons (Fsp3) is 0.778. The summed E-state index contributed by atoms with van der Waals surface area (Å²) in [7, 11) is 0. The Morgan fingerprint density at radius 2 is 1.83 bits per heavy atom. The zero-order valence-electron chi connectivity index (χ0n) is 7.76. The van der Waals surface area contributed by atoms with Crippen LogP contribution in [0.2, 0.25) is 0 Å². The third-order valence-electron chi connectivity index (χ3n) is 1.70. The van der Waals surface area contributed by atoms with Crippen molar-refractivity contribution in [3.63, 3.8) is 0 Å². The third kappa shape index (κ3) is 2.57. The Morgan fingerprint density at radius 3 is 2.17 bits per heavy atom. The lowest BCUT2D eigenvalue weighted by Crippen LogP contribution is -2.37. The molecule has 0 unspecified atom stereocenters. The van der Waals surface area contributed by atoms with Crippen LogP contribution in [0.15, 0.2) is 10.6 Å². The first-order valence-electron chi connectivity index (χ1n) is 4.05. The van der Waals surface area contributed by atoms with Gasteiger partial charge in [0.25, 0.3) is 0 Å². The van der Waals surface area contributed by atoms with Gasteiger partial charge < -0.3 is 9.47 Å². The van der Waals surface area contributed by atoms with Crippen molar-refractivity contribution in [1.29, 1.82) is 0 Å². The topological polar surface area (TPSA) is 18.5 Å². The molecule has 1 aliphatic heterocycles. The Morgan fingerprint density at radius 1 is 1.33 bits per heavy atom. The normalized spacial score (nSPS) is 25.7. The lowest BCUT2D eigenvalue weighted by atomic mass is 9.95. The molecule has 0 aliphatic carbocycles. The van der Waals surface area contributed by atoms with Gasteiger partial charge in [-0.3, -0.25) is 0 Å². The lowest BCUT2D eigenvalue weighted by molar-refractivity contribution is -0.206. The molecule has 2 nitrogen and oxygen atoms in total. The number of rotatable bonds is 0. The van der Waals surface area contributed by atoms with Gasteiger partial charge in [0.1, 0.15) is 0 Å². The van der Waals surface area contributed by atoms with Crippen molar-refractivity contribution in [1.82, 2.24) is 0 Å². The molecule has 1 heterocycles. The Hall–Kier alpha value is 0.140. The van der Waals surface area contributed by atoms with Gasteiger partial charge in [0.05, 0.1) is 13.2 Å². The molecule has 12 heavy (non-hydrogen) atoms. The summed E-state index contributed by atoms with van der Waals surface area (Å²) >= 11 is 3.26. The Bertz CT molecular complexity index is 171. The molecule has 1 rings (SSSR count). The summed E-state index contributed by atoms with van der Waals surface area (Å²) in [5.74, 6) is 0. The molecular weight excluding hydrogens is 220 g/mol. The maximum Gasteiger partial charge on any atom is 0.163 e. The molecule has 0 radical (unpaired) electrons. The monoisotopic (exact) mass is 234 g/mol. The molecule has 1 aliphatic rings. The molecule has 0 spiro atoms. The zero-order valence-corrected chi connectivity index (χ0v) is 9.35. The van der Waals surface area contributed by atoms with Crippen molar-refractivity contribution in [2.45, 2.75) is 27.1 Å². The van der Waals surface area contributed by atoms with Gasteiger partial charge in [-0.25, -0.2) is 0 Å². The van der Waals surface area contributed by atoms with E-state index in [0.29, 0.717) is 13.2 Å². The number of halogens is 1. The van der Waals surface area contributed by atoms with E-state index in [-0.39, 0.29) is 11.7 Å². The summed E-state index contributed by atoms with van der Waals surface area (Å²) in [4.78, 5) is 1.87. The van der Waals surface area contributed by atoms with E-state index >= 15 is 0 Å². The average molecular weight is 235 g/mol. The molecule has 0 amide bonds. The molecule has 0 atom stereocenters. The van der Waals surface area contributed by atoms with Crippen LogP contribution in [-0.2, 0) is 9.47 Å². The summed E-state index contributed by atoms with van der Waals surface area (Å²) in [6, 6.07) is 0. The molecule has 0 aromatic rings. The highest BCUT2D eigenvalue weighted by Gasteiger charge is 2.29. The molecular formula is C9H15BrO2. The zero-order chi connectivity index (χ0) is 9.19. The van der Waals surface area contributed by atoms with E-state index in [4.69, 9.17) is 9.47 Å². The highest BCUT2D eigenvalue weighted by atomic mass is 79.9. The number of hydrogen-bond acceptors (Lipinski definition) is 2. The van der Waals surface area contributed by atoms with Gasteiger partial charge in [-0.05, 0) is 10.6 Å². The predicted molar refractivity (Wildman–Crippen MR) is 52.2 cm³/mol. The molecule has 3 heteroatoms. The maximum absolute atomic E-state index is 5.53. The first kappa shape index (κ1) is 10.2. The van der Waals surface area contributed by atoms with E-state index in [1.807, 2.05) is 4.99 Å². The average Bonchev–Trinajstić information content (AvgIpc) is 2.03. The summed E-state index contributed by atoms with van der Waals surface area (Å²) in [5, 5.41) is 0. The Labute approximate surface area is 82.1 Å². The van der Waals surface area contributed by atoms with Crippen molar-refractivity contribution in [3.8, 4) is 0 Å². The van der Waals surface area contributed by atoms with Crippen LogP contribution in [0, 0.1) is 5.41 Å². The van der Waals surface area contributed by atoms with Gasteiger partial charge in [-0.15, -0.1) is 0 Å². The van der Waals surface area contributed by atoms with E-state index in [1.54, 1.807) is 0 Å². The lowest BCUT2D eigenvalue weighted by Gasteiger charge is -2.34. The number of ether oxygens (including phenoxy) is 2. The molecule has 0 aromatic heterocycles. The molecule has 0 N–H and O–H groups in total. The van der Waals surface area contributed by atoms with Crippen LogP contribution in [0.4, 0.5) is 0 Å². The third-order valence-corrected chi connectivity index (χ3v) is 2.35. The van der Waals surface area contributed by atoms with Crippen molar-refractivity contribution < 1.29 is 9.47 Å². The fourth-order valence-corrected chi connectivity index (χ4v) is 1.28. The molecule has 0 saturated carbocycles.